The van der Waals surface area contributed by atoms with Crippen LogP contribution in [-0.4, -0.2) is 27.0 Å². The maximum Gasteiger partial charge on any atom is 0.356 e. The van der Waals surface area contributed by atoms with E-state index in [1.54, 1.807) is 17.8 Å². The maximum absolute atomic E-state index is 10.9. The Morgan fingerprint density at radius 1 is 1.47 bits per heavy atom. The molecule has 98 valence electrons. The molecule has 2 aromatic rings. The number of carbonyl (C=O) groups is 1. The van der Waals surface area contributed by atoms with Crippen LogP contribution in [0.1, 0.15) is 23.0 Å². The smallest absolute Gasteiger partial charge is 0.356 e. The maximum atomic E-state index is 10.9. The number of hydrogen-bond donors (Lipinski definition) is 1. The average Bonchev–Trinajstić information content (AvgIpc) is 2.90. The number of carboxylic acid groups (broad SMARTS) is 1. The topological polar surface area (TPSA) is 64.3 Å². The Bertz CT molecular complexity index is 661. The molecule has 0 saturated heterocycles. The van der Waals surface area contributed by atoms with Gasteiger partial charge in [0.2, 0.25) is 0 Å². The fourth-order valence-electron chi connectivity index (χ4n) is 2.40. The highest BCUT2D eigenvalue weighted by atomic mass is 16.5. The van der Waals surface area contributed by atoms with Crippen molar-refractivity contribution in [2.75, 3.05) is 0 Å². The highest BCUT2D eigenvalue weighted by Crippen LogP contribution is 2.33. The number of aryl methyl sites for hydroxylation is 1. The molecule has 3 rings (SSSR count). The molecular formula is C14H14N2O3. The first-order valence-corrected chi connectivity index (χ1v) is 6.12. The molecule has 1 aliphatic rings. The molecule has 1 N–H and O–H groups in total. The Morgan fingerprint density at radius 3 is 2.95 bits per heavy atom. The third-order valence-corrected chi connectivity index (χ3v) is 3.30. The van der Waals surface area contributed by atoms with Gasteiger partial charge in [0, 0.05) is 19.0 Å². The molecule has 19 heavy (non-hydrogen) atoms. The molecule has 1 aliphatic heterocycles. The summed E-state index contributed by atoms with van der Waals surface area (Å²) in [7, 11) is 1.73. The lowest BCUT2D eigenvalue weighted by Gasteiger charge is -2.05. The lowest BCUT2D eigenvalue weighted by atomic mass is 10.1. The summed E-state index contributed by atoms with van der Waals surface area (Å²) in [6, 6.07) is 7.52. The summed E-state index contributed by atoms with van der Waals surface area (Å²) in [5.74, 6) is -0.143. The Morgan fingerprint density at radius 2 is 2.26 bits per heavy atom. The van der Waals surface area contributed by atoms with E-state index in [1.165, 1.54) is 5.56 Å². The highest BCUT2D eigenvalue weighted by Gasteiger charge is 2.20. The second-order valence-electron chi connectivity index (χ2n) is 4.80. The van der Waals surface area contributed by atoms with E-state index in [9.17, 15) is 4.79 Å². The molecule has 5 heteroatoms. The van der Waals surface area contributed by atoms with Crippen LogP contribution in [-0.2, 0) is 13.5 Å². The predicted octanol–water partition coefficient (Wildman–Crippen LogP) is 2.11. The van der Waals surface area contributed by atoms with Crippen LogP contribution in [0.3, 0.4) is 0 Å². The number of aromatic carboxylic acids is 1. The molecule has 0 aliphatic carbocycles. The minimum Gasteiger partial charge on any atom is -0.490 e. The van der Waals surface area contributed by atoms with Crippen molar-refractivity contribution in [2.24, 2.45) is 7.05 Å². The summed E-state index contributed by atoms with van der Waals surface area (Å²) in [6.07, 6.45) is 1.12. The van der Waals surface area contributed by atoms with Gasteiger partial charge in [0.25, 0.3) is 0 Å². The van der Waals surface area contributed by atoms with Gasteiger partial charge in [-0.2, -0.15) is 5.10 Å². The molecule has 2 heterocycles. The number of ether oxygens (including phenoxy) is 1. The quantitative estimate of drug-likeness (QED) is 0.896. The van der Waals surface area contributed by atoms with Gasteiger partial charge in [0.05, 0.1) is 5.69 Å². The minimum atomic E-state index is -1.02. The van der Waals surface area contributed by atoms with Crippen LogP contribution >= 0.6 is 0 Å². The number of carboxylic acids is 1. The van der Waals surface area contributed by atoms with Crippen molar-refractivity contribution in [2.45, 2.75) is 19.4 Å². The number of fused-ring (bicyclic) bond motifs is 1. The summed E-state index contributed by atoms with van der Waals surface area (Å²) in [5.41, 5.74) is 2.92. The Labute approximate surface area is 110 Å². The Kier molecular flexibility index (Phi) is 2.55. The van der Waals surface area contributed by atoms with E-state index in [2.05, 4.69) is 5.10 Å². The first-order valence-electron chi connectivity index (χ1n) is 6.12. The molecular weight excluding hydrogens is 244 g/mol. The van der Waals surface area contributed by atoms with E-state index in [4.69, 9.17) is 9.84 Å². The van der Waals surface area contributed by atoms with E-state index in [-0.39, 0.29) is 11.8 Å². The van der Waals surface area contributed by atoms with Gasteiger partial charge in [-0.25, -0.2) is 4.79 Å². The lowest BCUT2D eigenvalue weighted by molar-refractivity contribution is 0.0689. The number of hydrogen-bond acceptors (Lipinski definition) is 3. The number of nitrogens with zero attached hydrogens (tertiary/aromatic N) is 2. The third kappa shape index (κ3) is 1.97. The minimum absolute atomic E-state index is 0.0484. The van der Waals surface area contributed by atoms with Crippen LogP contribution < -0.4 is 4.74 Å². The molecule has 0 radical (unpaired) electrons. The van der Waals surface area contributed by atoms with E-state index in [0.29, 0.717) is 0 Å². The fraction of sp³-hybridized carbons (Fsp3) is 0.286. The second-order valence-corrected chi connectivity index (χ2v) is 4.80. The molecule has 5 nitrogen and oxygen atoms in total. The van der Waals surface area contributed by atoms with Crippen LogP contribution in [0.5, 0.6) is 5.75 Å². The van der Waals surface area contributed by atoms with Crippen molar-refractivity contribution in [1.29, 1.82) is 0 Å². The number of rotatable bonds is 2. The molecule has 1 aromatic carbocycles. The molecule has 0 bridgehead atoms. The summed E-state index contributed by atoms with van der Waals surface area (Å²) in [4.78, 5) is 10.9. The van der Waals surface area contributed by atoms with Gasteiger partial charge in [-0.3, -0.25) is 4.68 Å². The van der Waals surface area contributed by atoms with Gasteiger partial charge >= 0.3 is 5.97 Å². The molecule has 0 spiro atoms. The van der Waals surface area contributed by atoms with Crippen molar-refractivity contribution in [3.05, 3.63) is 35.5 Å². The van der Waals surface area contributed by atoms with Crippen molar-refractivity contribution < 1.29 is 14.6 Å². The van der Waals surface area contributed by atoms with E-state index >= 15 is 0 Å². The summed E-state index contributed by atoms with van der Waals surface area (Å²) >= 11 is 0. The average molecular weight is 258 g/mol. The molecule has 1 aromatic heterocycles. The van der Waals surface area contributed by atoms with Crippen LogP contribution in [0.15, 0.2) is 24.3 Å². The zero-order valence-electron chi connectivity index (χ0n) is 10.8. The fourth-order valence-corrected chi connectivity index (χ4v) is 2.40. The van der Waals surface area contributed by atoms with Gasteiger partial charge in [-0.15, -0.1) is 0 Å². The van der Waals surface area contributed by atoms with Crippen molar-refractivity contribution >= 4 is 5.97 Å². The molecule has 1 atom stereocenters. The summed E-state index contributed by atoms with van der Waals surface area (Å²) in [6.45, 7) is 2.03. The van der Waals surface area contributed by atoms with Crippen LogP contribution in [0, 0.1) is 0 Å². The standard InChI is InChI=1S/C14H14N2O3/c1-8-5-10-4-3-9(6-13(10)19-8)12-7-11(14(17)18)15-16(12)2/h3-4,6-8H,5H2,1-2H3,(H,17,18). The second kappa shape index (κ2) is 4.12. The zero-order valence-corrected chi connectivity index (χ0v) is 10.8. The predicted molar refractivity (Wildman–Crippen MR) is 69.4 cm³/mol. The third-order valence-electron chi connectivity index (χ3n) is 3.30. The van der Waals surface area contributed by atoms with Gasteiger partial charge in [-0.1, -0.05) is 12.1 Å². The number of benzene rings is 1. The number of aromatic nitrogens is 2. The Balaban J connectivity index is 2.04. The summed E-state index contributed by atoms with van der Waals surface area (Å²) in [5, 5.41) is 12.9. The lowest BCUT2D eigenvalue weighted by Crippen LogP contribution is -2.05. The van der Waals surface area contributed by atoms with Gasteiger partial charge in [-0.05, 0) is 24.6 Å². The molecule has 0 amide bonds. The van der Waals surface area contributed by atoms with Crippen molar-refractivity contribution in [3.63, 3.8) is 0 Å². The molecule has 1 unspecified atom stereocenters. The van der Waals surface area contributed by atoms with Crippen LogP contribution in [0.25, 0.3) is 11.3 Å². The first kappa shape index (κ1) is 11.8. The SMILES string of the molecule is CC1Cc2ccc(-c3cc(C(=O)O)nn3C)cc2O1. The largest absolute Gasteiger partial charge is 0.490 e. The molecule has 0 fully saturated rings. The van der Waals surface area contributed by atoms with Crippen LogP contribution in [0.4, 0.5) is 0 Å². The monoisotopic (exact) mass is 258 g/mol. The van der Waals surface area contributed by atoms with Crippen LogP contribution in [0.2, 0.25) is 0 Å². The van der Waals surface area contributed by atoms with Crippen molar-refractivity contribution in [1.82, 2.24) is 9.78 Å². The molecule has 0 saturated carbocycles. The van der Waals surface area contributed by atoms with E-state index in [0.717, 1.165) is 23.4 Å². The first-order chi connectivity index (χ1) is 9.04. The van der Waals surface area contributed by atoms with Gasteiger partial charge < -0.3 is 9.84 Å². The van der Waals surface area contributed by atoms with E-state index < -0.39 is 5.97 Å². The highest BCUT2D eigenvalue weighted by molar-refractivity contribution is 5.87. The van der Waals surface area contributed by atoms with Crippen molar-refractivity contribution in [3.8, 4) is 17.0 Å². The summed E-state index contributed by atoms with van der Waals surface area (Å²) < 4.78 is 7.29. The van der Waals surface area contributed by atoms with E-state index in [1.807, 2.05) is 25.1 Å². The normalized spacial score (nSPS) is 17.1. The zero-order chi connectivity index (χ0) is 13.6. The van der Waals surface area contributed by atoms with Gasteiger partial charge in [0.15, 0.2) is 5.69 Å². The van der Waals surface area contributed by atoms with Gasteiger partial charge in [0.1, 0.15) is 11.9 Å². The Hall–Kier alpha value is -2.30.